The smallest absolute Gasteiger partial charge is 0.324 e. The average molecular weight is 263 g/mol. The number of aliphatic carboxylic acids is 1. The number of sulfone groups is 1. The summed E-state index contributed by atoms with van der Waals surface area (Å²) in [5.41, 5.74) is -1.00. The second-order valence-electron chi connectivity index (χ2n) is 4.59. The second-order valence-corrected chi connectivity index (χ2v) is 6.89. The molecule has 0 atom stereocenters. The third kappa shape index (κ3) is 2.46. The number of hydrogen-bond donors (Lipinski definition) is 1. The van der Waals surface area contributed by atoms with Crippen molar-refractivity contribution in [1.82, 2.24) is 4.90 Å². The van der Waals surface area contributed by atoms with Crippen LogP contribution in [0, 0.1) is 0 Å². The zero-order valence-corrected chi connectivity index (χ0v) is 10.4. The van der Waals surface area contributed by atoms with Crippen LogP contribution < -0.4 is 0 Å². The molecule has 6 nitrogen and oxygen atoms in total. The van der Waals surface area contributed by atoms with E-state index in [1.807, 2.05) is 4.90 Å². The number of nitrogens with zero attached hydrogens (tertiary/aromatic N) is 1. The number of rotatable bonds is 2. The van der Waals surface area contributed by atoms with Crippen molar-refractivity contribution in [2.75, 3.05) is 37.8 Å². The van der Waals surface area contributed by atoms with Crippen LogP contribution in [-0.2, 0) is 19.4 Å². The Kier molecular flexibility index (Phi) is 3.42. The van der Waals surface area contributed by atoms with Crippen LogP contribution in [-0.4, -0.2) is 67.7 Å². The van der Waals surface area contributed by atoms with Crippen molar-refractivity contribution in [1.29, 1.82) is 0 Å². The highest BCUT2D eigenvalue weighted by Gasteiger charge is 2.48. The van der Waals surface area contributed by atoms with Crippen LogP contribution in [0.15, 0.2) is 0 Å². The van der Waals surface area contributed by atoms with Gasteiger partial charge in [0.2, 0.25) is 0 Å². The number of ether oxygens (including phenoxy) is 1. The zero-order valence-electron chi connectivity index (χ0n) is 9.59. The Hall–Kier alpha value is -0.660. The summed E-state index contributed by atoms with van der Waals surface area (Å²) in [6, 6.07) is 0. The molecular weight excluding hydrogens is 246 g/mol. The molecule has 0 aliphatic carbocycles. The van der Waals surface area contributed by atoms with Gasteiger partial charge in [0.15, 0.2) is 0 Å². The molecule has 0 bridgehead atoms. The summed E-state index contributed by atoms with van der Waals surface area (Å²) in [5.74, 6) is -0.970. The lowest BCUT2D eigenvalue weighted by molar-refractivity contribution is -0.155. The molecule has 0 aromatic heterocycles. The molecule has 0 amide bonds. The van der Waals surface area contributed by atoms with E-state index in [1.165, 1.54) is 0 Å². The molecule has 2 aliphatic rings. The second kappa shape index (κ2) is 4.55. The molecule has 2 rings (SSSR count). The van der Waals surface area contributed by atoms with Crippen LogP contribution in [0.25, 0.3) is 0 Å². The van der Waals surface area contributed by atoms with Crippen molar-refractivity contribution in [3.8, 4) is 0 Å². The van der Waals surface area contributed by atoms with Crippen molar-refractivity contribution in [3.05, 3.63) is 0 Å². The van der Waals surface area contributed by atoms with Gasteiger partial charge in [-0.1, -0.05) is 0 Å². The highest BCUT2D eigenvalue weighted by atomic mass is 32.2. The van der Waals surface area contributed by atoms with Gasteiger partial charge in [-0.3, -0.25) is 9.69 Å². The molecule has 0 aromatic rings. The highest BCUT2D eigenvalue weighted by Crippen LogP contribution is 2.31. The molecule has 98 valence electrons. The van der Waals surface area contributed by atoms with Gasteiger partial charge in [0, 0.05) is 13.1 Å². The lowest BCUT2D eigenvalue weighted by Gasteiger charge is -2.44. The maximum Gasteiger partial charge on any atom is 0.324 e. The van der Waals surface area contributed by atoms with Crippen molar-refractivity contribution in [2.24, 2.45) is 0 Å². The van der Waals surface area contributed by atoms with Crippen LogP contribution in [0.3, 0.4) is 0 Å². The van der Waals surface area contributed by atoms with Crippen LogP contribution in [0.4, 0.5) is 0 Å². The monoisotopic (exact) mass is 263 g/mol. The van der Waals surface area contributed by atoms with E-state index in [1.54, 1.807) is 0 Å². The van der Waals surface area contributed by atoms with E-state index in [0.29, 0.717) is 26.3 Å². The first-order valence-corrected chi connectivity index (χ1v) is 7.55. The molecule has 17 heavy (non-hydrogen) atoms. The predicted molar refractivity (Wildman–Crippen MR) is 60.6 cm³/mol. The minimum atomic E-state index is -3.05. The van der Waals surface area contributed by atoms with Gasteiger partial charge in [0.25, 0.3) is 0 Å². The molecule has 7 heteroatoms. The Morgan fingerprint density at radius 3 is 2.18 bits per heavy atom. The molecule has 0 spiro atoms. The zero-order chi connectivity index (χ0) is 12.5. The fourth-order valence-corrected chi connectivity index (χ4v) is 4.03. The van der Waals surface area contributed by atoms with Crippen LogP contribution >= 0.6 is 0 Å². The van der Waals surface area contributed by atoms with Gasteiger partial charge < -0.3 is 9.84 Å². The fraction of sp³-hybridized carbons (Fsp3) is 0.900. The number of morpholine rings is 1. The van der Waals surface area contributed by atoms with Crippen molar-refractivity contribution < 1.29 is 23.1 Å². The van der Waals surface area contributed by atoms with Gasteiger partial charge in [-0.15, -0.1) is 0 Å². The van der Waals surface area contributed by atoms with E-state index in [4.69, 9.17) is 4.74 Å². The van der Waals surface area contributed by atoms with Crippen LogP contribution in [0.5, 0.6) is 0 Å². The summed E-state index contributed by atoms with van der Waals surface area (Å²) < 4.78 is 28.0. The maximum absolute atomic E-state index is 11.5. The van der Waals surface area contributed by atoms with Gasteiger partial charge in [-0.05, 0) is 12.8 Å². The molecule has 2 heterocycles. The van der Waals surface area contributed by atoms with Gasteiger partial charge in [-0.25, -0.2) is 8.42 Å². The third-order valence-corrected chi connectivity index (χ3v) is 5.32. The Bertz CT molecular complexity index is 385. The third-order valence-electron chi connectivity index (χ3n) is 3.67. The van der Waals surface area contributed by atoms with Gasteiger partial charge in [-0.2, -0.15) is 0 Å². The van der Waals surface area contributed by atoms with E-state index in [2.05, 4.69) is 0 Å². The molecule has 1 N–H and O–H groups in total. The largest absolute Gasteiger partial charge is 0.480 e. The summed E-state index contributed by atoms with van der Waals surface area (Å²) in [6.07, 6.45) is 0.370. The number of carboxylic acid groups (broad SMARTS) is 1. The number of hydrogen-bond acceptors (Lipinski definition) is 5. The number of carboxylic acids is 1. The number of carbonyl (C=O) groups is 1. The average Bonchev–Trinajstić information content (AvgIpc) is 2.30. The lowest BCUT2D eigenvalue weighted by Crippen LogP contribution is -2.61. The molecule has 2 fully saturated rings. The predicted octanol–water partition coefficient (Wildman–Crippen LogP) is -0.649. The maximum atomic E-state index is 11.5. The van der Waals surface area contributed by atoms with E-state index >= 15 is 0 Å². The Morgan fingerprint density at radius 2 is 1.71 bits per heavy atom. The topological polar surface area (TPSA) is 83.9 Å². The van der Waals surface area contributed by atoms with E-state index in [-0.39, 0.29) is 24.3 Å². The van der Waals surface area contributed by atoms with Crippen molar-refractivity contribution in [2.45, 2.75) is 18.4 Å². The minimum Gasteiger partial charge on any atom is -0.480 e. The Labute approximate surface area is 100 Å². The van der Waals surface area contributed by atoms with Crippen molar-refractivity contribution in [3.63, 3.8) is 0 Å². The van der Waals surface area contributed by atoms with Crippen molar-refractivity contribution >= 4 is 15.8 Å². The van der Waals surface area contributed by atoms with E-state index in [9.17, 15) is 18.3 Å². The van der Waals surface area contributed by atoms with Gasteiger partial charge in [0.1, 0.15) is 15.4 Å². The molecule has 2 saturated heterocycles. The highest BCUT2D eigenvalue weighted by molar-refractivity contribution is 7.91. The molecular formula is C10H17NO5S. The molecule has 0 radical (unpaired) electrons. The quantitative estimate of drug-likeness (QED) is 0.713. The normalized spacial score (nSPS) is 28.7. The summed E-state index contributed by atoms with van der Waals surface area (Å²) in [5, 5.41) is 9.43. The van der Waals surface area contributed by atoms with E-state index in [0.717, 1.165) is 0 Å². The minimum absolute atomic E-state index is 0.0311. The van der Waals surface area contributed by atoms with Crippen LogP contribution in [0.2, 0.25) is 0 Å². The first-order chi connectivity index (χ1) is 7.96. The standard InChI is InChI=1S/C10H17NO5S/c12-9(13)10(11-3-5-16-6-4-11)1-7-17(14,15)8-2-10/h1-8H2,(H,12,13). The SMILES string of the molecule is O=C(O)C1(N2CCOCC2)CCS(=O)(=O)CC1. The van der Waals surface area contributed by atoms with Gasteiger partial charge in [0.05, 0.1) is 24.7 Å². The molecule has 2 aliphatic heterocycles. The summed E-state index contributed by atoms with van der Waals surface area (Å²) >= 11 is 0. The fourth-order valence-electron chi connectivity index (χ4n) is 2.53. The molecule has 0 aromatic carbocycles. The van der Waals surface area contributed by atoms with E-state index < -0.39 is 21.3 Å². The summed E-state index contributed by atoms with van der Waals surface area (Å²) in [6.45, 7) is 2.16. The summed E-state index contributed by atoms with van der Waals surface area (Å²) in [7, 11) is -3.05. The Balaban J connectivity index is 2.19. The first-order valence-electron chi connectivity index (χ1n) is 5.73. The van der Waals surface area contributed by atoms with Crippen LogP contribution in [0.1, 0.15) is 12.8 Å². The summed E-state index contributed by atoms with van der Waals surface area (Å²) in [4.78, 5) is 13.4. The lowest BCUT2D eigenvalue weighted by atomic mass is 9.89. The first kappa shape index (κ1) is 12.8. The molecule has 0 unspecified atom stereocenters. The Morgan fingerprint density at radius 1 is 1.18 bits per heavy atom. The molecule has 0 saturated carbocycles. The van der Waals surface area contributed by atoms with Gasteiger partial charge >= 0.3 is 5.97 Å².